The summed E-state index contributed by atoms with van der Waals surface area (Å²) in [4.78, 5) is 12.0. The van der Waals surface area contributed by atoms with E-state index in [-0.39, 0.29) is 5.91 Å². The lowest BCUT2D eigenvalue weighted by Crippen LogP contribution is -2.15. The second kappa shape index (κ2) is 5.57. The maximum absolute atomic E-state index is 12.0. The Morgan fingerprint density at radius 2 is 2.11 bits per heavy atom. The Labute approximate surface area is 120 Å². The molecular formula is C14H16BrN3O. The van der Waals surface area contributed by atoms with Gasteiger partial charge in [-0.3, -0.25) is 9.89 Å². The fourth-order valence-electron chi connectivity index (χ4n) is 1.87. The first-order chi connectivity index (χ1) is 8.97. The van der Waals surface area contributed by atoms with E-state index in [1.807, 2.05) is 39.0 Å². The molecule has 0 spiro atoms. The summed E-state index contributed by atoms with van der Waals surface area (Å²) in [5.74, 6) is -0.0386. The summed E-state index contributed by atoms with van der Waals surface area (Å²) in [6, 6.07) is 5.77. The second-order valence-electron chi connectivity index (χ2n) is 4.60. The fourth-order valence-corrected chi connectivity index (χ4v) is 2.25. The number of aromatic amines is 1. The zero-order valence-electron chi connectivity index (χ0n) is 11.2. The number of amides is 1. The van der Waals surface area contributed by atoms with Crippen LogP contribution >= 0.6 is 15.9 Å². The Kier molecular flexibility index (Phi) is 4.04. The van der Waals surface area contributed by atoms with E-state index in [9.17, 15) is 4.79 Å². The molecule has 0 aliphatic carbocycles. The summed E-state index contributed by atoms with van der Waals surface area (Å²) < 4.78 is 0.987. The topological polar surface area (TPSA) is 57.8 Å². The van der Waals surface area contributed by atoms with E-state index in [1.165, 1.54) is 0 Å². The first-order valence-electron chi connectivity index (χ1n) is 6.04. The molecule has 4 nitrogen and oxygen atoms in total. The number of nitrogens with one attached hydrogen (secondary N) is 2. The number of nitrogens with zero attached hydrogens (tertiary/aromatic N) is 1. The third-order valence-electron chi connectivity index (χ3n) is 3.07. The smallest absolute Gasteiger partial charge is 0.228 e. The quantitative estimate of drug-likeness (QED) is 0.911. The van der Waals surface area contributed by atoms with Crippen molar-refractivity contribution < 1.29 is 4.79 Å². The van der Waals surface area contributed by atoms with Gasteiger partial charge in [0.1, 0.15) is 0 Å². The number of aryl methyl sites for hydroxylation is 3. The van der Waals surface area contributed by atoms with Crippen molar-refractivity contribution in [3.63, 3.8) is 0 Å². The fraction of sp³-hybridized carbons (Fsp3) is 0.286. The summed E-state index contributed by atoms with van der Waals surface area (Å²) in [6.45, 7) is 5.83. The Morgan fingerprint density at radius 3 is 2.68 bits per heavy atom. The predicted octanol–water partition coefficient (Wildman–Crippen LogP) is 3.28. The van der Waals surface area contributed by atoms with Gasteiger partial charge in [-0.15, -0.1) is 0 Å². The average Bonchev–Trinajstić information content (AvgIpc) is 2.66. The van der Waals surface area contributed by atoms with E-state index in [2.05, 4.69) is 31.4 Å². The number of benzene rings is 1. The number of anilines is 1. The molecule has 1 aromatic heterocycles. The molecular weight excluding hydrogens is 306 g/mol. The molecule has 100 valence electrons. The molecule has 0 saturated carbocycles. The van der Waals surface area contributed by atoms with Gasteiger partial charge >= 0.3 is 0 Å². The van der Waals surface area contributed by atoms with E-state index < -0.39 is 0 Å². The van der Waals surface area contributed by atoms with Crippen molar-refractivity contribution in [2.45, 2.75) is 27.2 Å². The van der Waals surface area contributed by atoms with E-state index in [0.717, 1.165) is 32.7 Å². The second-order valence-corrected chi connectivity index (χ2v) is 5.46. The Morgan fingerprint density at radius 1 is 1.37 bits per heavy atom. The lowest BCUT2D eigenvalue weighted by Gasteiger charge is -2.07. The highest BCUT2D eigenvalue weighted by molar-refractivity contribution is 9.10. The van der Waals surface area contributed by atoms with Crippen molar-refractivity contribution >= 4 is 27.5 Å². The molecule has 0 radical (unpaired) electrons. The van der Waals surface area contributed by atoms with Crippen LogP contribution in [0.15, 0.2) is 22.7 Å². The zero-order valence-corrected chi connectivity index (χ0v) is 12.8. The van der Waals surface area contributed by atoms with Crippen LogP contribution in [0.3, 0.4) is 0 Å². The Bertz CT molecular complexity index is 600. The summed E-state index contributed by atoms with van der Waals surface area (Å²) in [7, 11) is 0. The van der Waals surface area contributed by atoms with Gasteiger partial charge in [0, 0.05) is 21.4 Å². The van der Waals surface area contributed by atoms with Gasteiger partial charge in [0.2, 0.25) is 5.91 Å². The monoisotopic (exact) mass is 321 g/mol. The van der Waals surface area contributed by atoms with E-state index in [4.69, 9.17) is 0 Å². The van der Waals surface area contributed by atoms with Gasteiger partial charge in [0.15, 0.2) is 0 Å². The summed E-state index contributed by atoms with van der Waals surface area (Å²) in [6.07, 6.45) is 0.333. The molecule has 1 amide bonds. The van der Waals surface area contributed by atoms with Crippen LogP contribution in [0.4, 0.5) is 5.69 Å². The number of halogens is 1. The van der Waals surface area contributed by atoms with Crippen molar-refractivity contribution in [2.75, 3.05) is 5.32 Å². The van der Waals surface area contributed by atoms with Crippen molar-refractivity contribution in [1.29, 1.82) is 0 Å². The van der Waals surface area contributed by atoms with Crippen LogP contribution in [-0.4, -0.2) is 16.1 Å². The molecule has 1 aromatic carbocycles. The number of rotatable bonds is 3. The number of hydrogen-bond donors (Lipinski definition) is 2. The number of carbonyl (C=O) groups is 1. The summed E-state index contributed by atoms with van der Waals surface area (Å²) >= 11 is 3.45. The molecule has 2 N–H and O–H groups in total. The third kappa shape index (κ3) is 3.23. The van der Waals surface area contributed by atoms with Crippen molar-refractivity contribution in [3.05, 3.63) is 45.2 Å². The number of aromatic nitrogens is 2. The Hall–Kier alpha value is -1.62. The highest BCUT2D eigenvalue weighted by atomic mass is 79.9. The molecule has 2 aromatic rings. The average molecular weight is 322 g/mol. The van der Waals surface area contributed by atoms with E-state index in [1.54, 1.807) is 0 Å². The van der Waals surface area contributed by atoms with Crippen LogP contribution in [0, 0.1) is 20.8 Å². The van der Waals surface area contributed by atoms with Crippen LogP contribution in [0.25, 0.3) is 0 Å². The summed E-state index contributed by atoms with van der Waals surface area (Å²) in [5.41, 5.74) is 4.71. The maximum Gasteiger partial charge on any atom is 0.228 e. The first-order valence-corrected chi connectivity index (χ1v) is 6.83. The molecule has 19 heavy (non-hydrogen) atoms. The first kappa shape index (κ1) is 13.8. The van der Waals surface area contributed by atoms with Gasteiger partial charge in [-0.25, -0.2) is 0 Å². The maximum atomic E-state index is 12.0. The zero-order chi connectivity index (χ0) is 14.0. The Balaban J connectivity index is 2.07. The van der Waals surface area contributed by atoms with Gasteiger partial charge < -0.3 is 5.32 Å². The van der Waals surface area contributed by atoms with Crippen molar-refractivity contribution in [1.82, 2.24) is 10.2 Å². The largest absolute Gasteiger partial charge is 0.326 e. The minimum atomic E-state index is -0.0386. The van der Waals surface area contributed by atoms with Crippen LogP contribution in [-0.2, 0) is 11.2 Å². The van der Waals surface area contributed by atoms with Gasteiger partial charge in [0.25, 0.3) is 0 Å². The molecule has 1 heterocycles. The van der Waals surface area contributed by atoms with E-state index >= 15 is 0 Å². The third-order valence-corrected chi connectivity index (χ3v) is 3.93. The minimum Gasteiger partial charge on any atom is -0.326 e. The number of H-pyrrole nitrogens is 1. The molecule has 0 aliphatic heterocycles. The van der Waals surface area contributed by atoms with Crippen LogP contribution in [0.5, 0.6) is 0 Å². The van der Waals surface area contributed by atoms with Gasteiger partial charge in [-0.05, 0) is 38.5 Å². The molecule has 0 atom stereocenters. The van der Waals surface area contributed by atoms with Crippen LogP contribution in [0.1, 0.15) is 22.5 Å². The van der Waals surface area contributed by atoms with E-state index in [0.29, 0.717) is 6.42 Å². The molecule has 0 unspecified atom stereocenters. The van der Waals surface area contributed by atoms with Crippen LogP contribution < -0.4 is 5.32 Å². The molecule has 5 heteroatoms. The normalized spacial score (nSPS) is 10.5. The van der Waals surface area contributed by atoms with Crippen molar-refractivity contribution in [2.24, 2.45) is 0 Å². The highest BCUT2D eigenvalue weighted by Gasteiger charge is 2.11. The minimum absolute atomic E-state index is 0.0386. The molecule has 0 bridgehead atoms. The van der Waals surface area contributed by atoms with Gasteiger partial charge in [0.05, 0.1) is 12.1 Å². The van der Waals surface area contributed by atoms with Gasteiger partial charge in [-0.1, -0.05) is 22.0 Å². The molecule has 0 fully saturated rings. The highest BCUT2D eigenvalue weighted by Crippen LogP contribution is 2.21. The number of hydrogen-bond acceptors (Lipinski definition) is 2. The van der Waals surface area contributed by atoms with Crippen molar-refractivity contribution in [3.8, 4) is 0 Å². The molecule has 0 aliphatic rings. The molecule has 2 rings (SSSR count). The van der Waals surface area contributed by atoms with Gasteiger partial charge in [-0.2, -0.15) is 5.10 Å². The lowest BCUT2D eigenvalue weighted by molar-refractivity contribution is -0.115. The standard InChI is InChI=1S/C14H16BrN3O/c1-8-4-5-11(6-13(8)15)16-14(19)7-12-9(2)17-18-10(12)3/h4-6H,7H2,1-3H3,(H,16,19)(H,17,18). The SMILES string of the molecule is Cc1ccc(NC(=O)Cc2c(C)n[nH]c2C)cc1Br. The molecule has 0 saturated heterocycles. The number of carbonyl (C=O) groups excluding carboxylic acids is 1. The lowest BCUT2D eigenvalue weighted by atomic mass is 10.1. The van der Waals surface area contributed by atoms with Crippen LogP contribution in [0.2, 0.25) is 0 Å². The predicted molar refractivity (Wildman–Crippen MR) is 79.3 cm³/mol. The summed E-state index contributed by atoms with van der Waals surface area (Å²) in [5, 5.41) is 9.87.